The van der Waals surface area contributed by atoms with Gasteiger partial charge in [-0.05, 0) is 27.7 Å². The second-order valence-electron chi connectivity index (χ2n) is 5.78. The van der Waals surface area contributed by atoms with Gasteiger partial charge in [0.1, 0.15) is 6.20 Å². The maximum absolute atomic E-state index is 11.3. The van der Waals surface area contributed by atoms with Crippen LogP contribution in [0.15, 0.2) is 12.3 Å². The molecule has 0 aromatic carbocycles. The summed E-state index contributed by atoms with van der Waals surface area (Å²) >= 11 is 0. The van der Waals surface area contributed by atoms with Crippen LogP contribution in [-0.4, -0.2) is 39.3 Å². The molecule has 0 aliphatic carbocycles. The average Bonchev–Trinajstić information content (AvgIpc) is 2.57. The Morgan fingerprint density at radius 3 is 2.29 bits per heavy atom. The first-order valence-electron chi connectivity index (χ1n) is 6.28. The van der Waals surface area contributed by atoms with Crippen LogP contribution in [0.2, 0.25) is 0 Å². The van der Waals surface area contributed by atoms with E-state index < -0.39 is 34.9 Å². The molecule has 0 atom stereocenters. The molecule has 21 heavy (non-hydrogen) atoms. The molecule has 0 saturated carbocycles. The number of nitro groups is 1. The Labute approximate surface area is 121 Å². The molecule has 1 N–H and O–H groups in total. The van der Waals surface area contributed by atoms with Crippen LogP contribution in [0.4, 0.5) is 5.69 Å². The Hall–Kier alpha value is -2.00. The molecule has 112 valence electrons. The van der Waals surface area contributed by atoms with Crippen molar-refractivity contribution in [3.8, 4) is 0 Å². The number of aromatic carboxylic acids is 1. The quantitative estimate of drug-likeness (QED) is 0.502. The van der Waals surface area contributed by atoms with Gasteiger partial charge in [-0.15, -0.1) is 0 Å². The maximum Gasteiger partial charge on any atom is 0.515 e. The molecule has 1 aliphatic rings. The van der Waals surface area contributed by atoms with E-state index in [-0.39, 0.29) is 11.2 Å². The van der Waals surface area contributed by atoms with Gasteiger partial charge in [-0.3, -0.25) is 15.1 Å². The van der Waals surface area contributed by atoms with Crippen molar-refractivity contribution in [1.29, 1.82) is 0 Å². The summed E-state index contributed by atoms with van der Waals surface area (Å²) in [6.07, 6.45) is 0.993. The Morgan fingerprint density at radius 2 is 1.86 bits per heavy atom. The van der Waals surface area contributed by atoms with Gasteiger partial charge in [0, 0.05) is 6.07 Å². The molecule has 0 radical (unpaired) electrons. The fourth-order valence-corrected chi connectivity index (χ4v) is 1.88. The molecule has 0 spiro atoms. The lowest BCUT2D eigenvalue weighted by Crippen LogP contribution is -2.41. The summed E-state index contributed by atoms with van der Waals surface area (Å²) in [5, 5.41) is 19.9. The van der Waals surface area contributed by atoms with Crippen molar-refractivity contribution >= 4 is 24.4 Å². The highest BCUT2D eigenvalue weighted by molar-refractivity contribution is 6.62. The predicted octanol–water partition coefficient (Wildman–Crippen LogP) is 0.987. The molecule has 0 bridgehead atoms. The lowest BCUT2D eigenvalue weighted by Gasteiger charge is -2.32. The number of nitrogens with zero attached hydrogens (tertiary/aromatic N) is 2. The van der Waals surface area contributed by atoms with E-state index in [4.69, 9.17) is 9.31 Å². The number of hydrogen-bond donors (Lipinski definition) is 1. The minimum Gasteiger partial charge on any atom is -0.478 e. The third kappa shape index (κ3) is 2.61. The SMILES string of the molecule is CC1(C)OB(c2ncc([N+](=O)[O-])cc2C(=O)O)OC1(C)C. The Kier molecular flexibility index (Phi) is 3.50. The van der Waals surface area contributed by atoms with Gasteiger partial charge in [-0.2, -0.15) is 0 Å². The van der Waals surface area contributed by atoms with E-state index in [9.17, 15) is 20.0 Å². The normalized spacial score (nSPS) is 19.5. The first kappa shape index (κ1) is 15.4. The summed E-state index contributed by atoms with van der Waals surface area (Å²) in [4.78, 5) is 25.2. The molecule has 0 unspecified atom stereocenters. The second kappa shape index (κ2) is 4.78. The fourth-order valence-electron chi connectivity index (χ4n) is 1.88. The summed E-state index contributed by atoms with van der Waals surface area (Å²) in [6, 6.07) is 0.954. The first-order valence-corrected chi connectivity index (χ1v) is 6.28. The van der Waals surface area contributed by atoms with Crippen molar-refractivity contribution in [2.75, 3.05) is 0 Å². The van der Waals surface area contributed by atoms with E-state index >= 15 is 0 Å². The van der Waals surface area contributed by atoms with Crippen molar-refractivity contribution in [3.63, 3.8) is 0 Å². The van der Waals surface area contributed by atoms with E-state index in [1.54, 1.807) is 0 Å². The Bertz CT molecular complexity index is 600. The number of hydrogen-bond acceptors (Lipinski definition) is 6. The molecule has 0 amide bonds. The predicted molar refractivity (Wildman–Crippen MR) is 73.6 cm³/mol. The molecule has 1 saturated heterocycles. The smallest absolute Gasteiger partial charge is 0.478 e. The number of carboxylic acids is 1. The largest absolute Gasteiger partial charge is 0.515 e. The maximum atomic E-state index is 11.3. The van der Waals surface area contributed by atoms with Gasteiger partial charge in [0.05, 0.1) is 27.3 Å². The van der Waals surface area contributed by atoms with Gasteiger partial charge >= 0.3 is 13.1 Å². The van der Waals surface area contributed by atoms with E-state index in [1.807, 2.05) is 27.7 Å². The van der Waals surface area contributed by atoms with Gasteiger partial charge in [-0.25, -0.2) is 4.79 Å². The van der Waals surface area contributed by atoms with Crippen LogP contribution >= 0.6 is 0 Å². The molecule has 9 heteroatoms. The summed E-state index contributed by atoms with van der Waals surface area (Å²) in [7, 11) is -0.984. The molecule has 2 rings (SSSR count). The van der Waals surface area contributed by atoms with Gasteiger partial charge in [-0.1, -0.05) is 0 Å². The number of rotatable bonds is 3. The molecular weight excluding hydrogens is 279 g/mol. The number of carbonyl (C=O) groups is 1. The van der Waals surface area contributed by atoms with Crippen molar-refractivity contribution in [1.82, 2.24) is 4.98 Å². The molecule has 2 heterocycles. The fraction of sp³-hybridized carbons (Fsp3) is 0.500. The molecule has 8 nitrogen and oxygen atoms in total. The third-order valence-corrected chi connectivity index (χ3v) is 3.82. The highest BCUT2D eigenvalue weighted by Gasteiger charge is 2.53. The zero-order valence-corrected chi connectivity index (χ0v) is 12.1. The van der Waals surface area contributed by atoms with Crippen molar-refractivity contribution in [2.24, 2.45) is 0 Å². The zero-order chi connectivity index (χ0) is 16.0. The average molecular weight is 294 g/mol. The van der Waals surface area contributed by atoms with E-state index in [0.717, 1.165) is 12.3 Å². The summed E-state index contributed by atoms with van der Waals surface area (Å²) in [5.74, 6) is -1.32. The lowest BCUT2D eigenvalue weighted by molar-refractivity contribution is -0.385. The molecular formula is C12H15BN2O6. The van der Waals surface area contributed by atoms with Crippen LogP contribution in [0.3, 0.4) is 0 Å². The Morgan fingerprint density at radius 1 is 1.33 bits per heavy atom. The van der Waals surface area contributed by atoms with Crippen LogP contribution in [0, 0.1) is 10.1 Å². The van der Waals surface area contributed by atoms with Crippen LogP contribution in [0.1, 0.15) is 38.1 Å². The van der Waals surface area contributed by atoms with Gasteiger partial charge in [0.25, 0.3) is 5.69 Å². The number of carboxylic acid groups (broad SMARTS) is 1. The Balaban J connectivity index is 2.46. The van der Waals surface area contributed by atoms with E-state index in [2.05, 4.69) is 4.98 Å². The summed E-state index contributed by atoms with van der Waals surface area (Å²) in [5.41, 5.74) is -1.99. The van der Waals surface area contributed by atoms with E-state index in [1.165, 1.54) is 0 Å². The standard InChI is InChI=1S/C12H15BN2O6/c1-11(2)12(3,4)21-13(20-11)9-8(10(16)17)5-7(6-14-9)15(18)19/h5-6H,1-4H3,(H,16,17). The third-order valence-electron chi connectivity index (χ3n) is 3.82. The van der Waals surface area contributed by atoms with Gasteiger partial charge in [0.15, 0.2) is 0 Å². The summed E-state index contributed by atoms with van der Waals surface area (Å²) in [6.45, 7) is 7.27. The highest BCUT2D eigenvalue weighted by atomic mass is 16.7. The van der Waals surface area contributed by atoms with Gasteiger partial charge in [0.2, 0.25) is 0 Å². The lowest BCUT2D eigenvalue weighted by atomic mass is 9.80. The topological polar surface area (TPSA) is 112 Å². The van der Waals surface area contributed by atoms with Crippen molar-refractivity contribution in [2.45, 2.75) is 38.9 Å². The minimum absolute atomic E-state index is 0.0201. The minimum atomic E-state index is -1.32. The highest BCUT2D eigenvalue weighted by Crippen LogP contribution is 2.36. The van der Waals surface area contributed by atoms with Crippen LogP contribution in [0.25, 0.3) is 0 Å². The van der Waals surface area contributed by atoms with Gasteiger partial charge < -0.3 is 14.4 Å². The molecule has 1 aliphatic heterocycles. The summed E-state index contributed by atoms with van der Waals surface area (Å²) < 4.78 is 11.4. The van der Waals surface area contributed by atoms with Crippen molar-refractivity contribution < 1.29 is 24.1 Å². The van der Waals surface area contributed by atoms with Crippen molar-refractivity contribution in [3.05, 3.63) is 27.9 Å². The van der Waals surface area contributed by atoms with Crippen LogP contribution in [-0.2, 0) is 9.31 Å². The number of aromatic nitrogens is 1. The second-order valence-corrected chi connectivity index (χ2v) is 5.78. The molecule has 1 fully saturated rings. The molecule has 1 aromatic heterocycles. The molecule has 1 aromatic rings. The first-order chi connectivity index (χ1) is 9.55. The van der Waals surface area contributed by atoms with Crippen LogP contribution < -0.4 is 5.59 Å². The monoisotopic (exact) mass is 294 g/mol. The zero-order valence-electron chi connectivity index (χ0n) is 12.1. The van der Waals surface area contributed by atoms with E-state index in [0.29, 0.717) is 0 Å². The number of pyridine rings is 1. The van der Waals surface area contributed by atoms with Crippen LogP contribution in [0.5, 0.6) is 0 Å².